The summed E-state index contributed by atoms with van der Waals surface area (Å²) >= 11 is 1.38. The van der Waals surface area contributed by atoms with Crippen molar-refractivity contribution in [3.05, 3.63) is 35.6 Å². The van der Waals surface area contributed by atoms with Crippen LogP contribution in [0.25, 0.3) is 0 Å². The molecule has 1 aromatic heterocycles. The average molecular weight is 281 g/mol. The highest BCUT2D eigenvalue weighted by Gasteiger charge is 2.24. The van der Waals surface area contributed by atoms with Crippen LogP contribution in [0.15, 0.2) is 29.4 Å². The van der Waals surface area contributed by atoms with Gasteiger partial charge in [0, 0.05) is 18.7 Å². The lowest BCUT2D eigenvalue weighted by molar-refractivity contribution is 0.570. The topological polar surface area (TPSA) is 69.6 Å². The number of aryl methyl sites for hydroxylation is 1. The Morgan fingerprint density at radius 3 is 2.74 bits per heavy atom. The van der Waals surface area contributed by atoms with Crippen LogP contribution in [0.2, 0.25) is 0 Å². The normalized spacial score (nSPS) is 14.3. The Hall–Kier alpha value is -1.47. The lowest BCUT2D eigenvalue weighted by Crippen LogP contribution is -2.26. The van der Waals surface area contributed by atoms with E-state index in [0.29, 0.717) is 10.7 Å². The second-order valence-electron chi connectivity index (χ2n) is 4.22. The molecule has 2 N–H and O–H groups in total. The highest BCUT2D eigenvalue weighted by molar-refractivity contribution is 7.99. The maximum atomic E-state index is 13.9. The number of aromatic nitrogens is 4. The smallest absolute Gasteiger partial charge is 0.209 e. The van der Waals surface area contributed by atoms with Gasteiger partial charge in [0.25, 0.3) is 0 Å². The van der Waals surface area contributed by atoms with Crippen molar-refractivity contribution in [3.8, 4) is 0 Å². The molecule has 0 bridgehead atoms. The van der Waals surface area contributed by atoms with E-state index in [2.05, 4.69) is 15.5 Å². The van der Waals surface area contributed by atoms with Crippen LogP contribution in [0.1, 0.15) is 24.2 Å². The third kappa shape index (κ3) is 3.10. The van der Waals surface area contributed by atoms with E-state index in [1.807, 2.05) is 13.0 Å². The molecule has 5 nitrogen and oxygen atoms in total. The van der Waals surface area contributed by atoms with Crippen molar-refractivity contribution in [3.63, 3.8) is 0 Å². The van der Waals surface area contributed by atoms with E-state index in [0.717, 1.165) is 6.42 Å². The molecule has 1 heterocycles. The Morgan fingerprint density at radius 2 is 2.16 bits per heavy atom. The molecule has 102 valence electrons. The van der Waals surface area contributed by atoms with Crippen molar-refractivity contribution < 1.29 is 4.39 Å². The molecule has 0 amide bonds. The van der Waals surface area contributed by atoms with Gasteiger partial charge < -0.3 is 5.73 Å². The van der Waals surface area contributed by atoms with Gasteiger partial charge in [-0.15, -0.1) is 5.10 Å². The maximum Gasteiger partial charge on any atom is 0.209 e. The fourth-order valence-electron chi connectivity index (χ4n) is 1.74. The summed E-state index contributed by atoms with van der Waals surface area (Å²) in [5.74, 6) is -0.251. The molecule has 0 radical (unpaired) electrons. The molecule has 2 atom stereocenters. The Morgan fingerprint density at radius 1 is 1.42 bits per heavy atom. The highest BCUT2D eigenvalue weighted by atomic mass is 32.2. The molecular formula is C12H16FN5S. The molecule has 19 heavy (non-hydrogen) atoms. The zero-order chi connectivity index (χ0) is 13.8. The molecule has 0 saturated carbocycles. The van der Waals surface area contributed by atoms with Crippen molar-refractivity contribution in [1.82, 2.24) is 20.2 Å². The van der Waals surface area contributed by atoms with Gasteiger partial charge in [-0.3, -0.25) is 0 Å². The molecule has 2 rings (SSSR count). The predicted molar refractivity (Wildman–Crippen MR) is 72.1 cm³/mol. The van der Waals surface area contributed by atoms with E-state index in [1.54, 1.807) is 23.9 Å². The number of thioether (sulfide) groups is 1. The zero-order valence-electron chi connectivity index (χ0n) is 10.8. The van der Waals surface area contributed by atoms with Crippen LogP contribution in [0.3, 0.4) is 0 Å². The van der Waals surface area contributed by atoms with Crippen molar-refractivity contribution in [2.75, 3.05) is 0 Å². The first-order chi connectivity index (χ1) is 9.13. The SMILES string of the molecule is CCC(N)C(Sc1nnnn1C)c1ccccc1F. The minimum atomic E-state index is -0.251. The molecule has 7 heteroatoms. The van der Waals surface area contributed by atoms with Crippen molar-refractivity contribution in [2.45, 2.75) is 29.8 Å². The van der Waals surface area contributed by atoms with Crippen LogP contribution in [-0.2, 0) is 7.05 Å². The molecule has 0 fully saturated rings. The van der Waals surface area contributed by atoms with E-state index in [1.165, 1.54) is 17.8 Å². The standard InChI is InChI=1S/C12H16FN5S/c1-3-10(14)11(8-6-4-5-7-9(8)13)19-12-15-16-17-18(12)2/h4-7,10-11H,3,14H2,1-2H3. The number of nitrogens with two attached hydrogens (primary N) is 1. The van der Waals surface area contributed by atoms with Crippen molar-refractivity contribution >= 4 is 11.8 Å². The fraction of sp³-hybridized carbons (Fsp3) is 0.417. The minimum absolute atomic E-state index is 0.168. The molecule has 2 aromatic rings. The first kappa shape index (κ1) is 14.0. The van der Waals surface area contributed by atoms with Crippen LogP contribution in [0.5, 0.6) is 0 Å². The van der Waals surface area contributed by atoms with Gasteiger partial charge in [0.2, 0.25) is 5.16 Å². The Kier molecular flexibility index (Phi) is 4.49. The van der Waals surface area contributed by atoms with E-state index < -0.39 is 0 Å². The minimum Gasteiger partial charge on any atom is -0.326 e. The fourth-order valence-corrected chi connectivity index (χ4v) is 2.92. The van der Waals surface area contributed by atoms with Gasteiger partial charge in [0.1, 0.15) is 5.82 Å². The third-order valence-corrected chi connectivity index (χ3v) is 4.30. The second kappa shape index (κ2) is 6.12. The number of benzene rings is 1. The quantitative estimate of drug-likeness (QED) is 0.848. The van der Waals surface area contributed by atoms with Crippen molar-refractivity contribution in [2.24, 2.45) is 12.8 Å². The first-order valence-corrected chi connectivity index (χ1v) is 6.90. The van der Waals surface area contributed by atoms with Gasteiger partial charge in [0.15, 0.2) is 0 Å². The third-order valence-electron chi connectivity index (χ3n) is 2.89. The van der Waals surface area contributed by atoms with Crippen LogP contribution in [-0.4, -0.2) is 26.2 Å². The molecule has 0 aliphatic carbocycles. The van der Waals surface area contributed by atoms with Crippen molar-refractivity contribution in [1.29, 1.82) is 0 Å². The summed E-state index contributed by atoms with van der Waals surface area (Å²) in [5.41, 5.74) is 6.71. The van der Waals surface area contributed by atoms with Gasteiger partial charge in [-0.2, -0.15) is 0 Å². The maximum absolute atomic E-state index is 13.9. The van der Waals surface area contributed by atoms with Gasteiger partial charge in [0.05, 0.1) is 5.25 Å². The summed E-state index contributed by atoms with van der Waals surface area (Å²) in [7, 11) is 1.75. The first-order valence-electron chi connectivity index (χ1n) is 6.02. The van der Waals surface area contributed by atoms with E-state index in [-0.39, 0.29) is 17.1 Å². The number of hydrogen-bond donors (Lipinski definition) is 1. The van der Waals surface area contributed by atoms with Gasteiger partial charge >= 0.3 is 0 Å². The van der Waals surface area contributed by atoms with Gasteiger partial charge in [-0.05, 0) is 22.9 Å². The number of rotatable bonds is 5. The number of hydrogen-bond acceptors (Lipinski definition) is 5. The van der Waals surface area contributed by atoms with E-state index in [9.17, 15) is 4.39 Å². The highest BCUT2D eigenvalue weighted by Crippen LogP contribution is 2.37. The average Bonchev–Trinajstić information content (AvgIpc) is 2.81. The van der Waals surface area contributed by atoms with Crippen LogP contribution >= 0.6 is 11.8 Å². The number of tetrazole rings is 1. The van der Waals surface area contributed by atoms with E-state index in [4.69, 9.17) is 5.73 Å². The Labute approximate surface area is 115 Å². The molecule has 0 aliphatic rings. The Balaban J connectivity index is 2.32. The van der Waals surface area contributed by atoms with Crippen LogP contribution in [0, 0.1) is 5.82 Å². The number of nitrogens with zero attached hydrogens (tertiary/aromatic N) is 4. The summed E-state index contributed by atoms with van der Waals surface area (Å²) in [6.07, 6.45) is 0.747. The lowest BCUT2D eigenvalue weighted by atomic mass is 10.0. The monoisotopic (exact) mass is 281 g/mol. The van der Waals surface area contributed by atoms with Gasteiger partial charge in [-0.1, -0.05) is 36.9 Å². The molecule has 2 unspecified atom stereocenters. The summed E-state index contributed by atoms with van der Waals surface area (Å²) in [4.78, 5) is 0. The molecule has 0 saturated heterocycles. The summed E-state index contributed by atoms with van der Waals surface area (Å²) in [6, 6.07) is 6.51. The largest absolute Gasteiger partial charge is 0.326 e. The predicted octanol–water partition coefficient (Wildman–Crippen LogP) is 1.92. The molecular weight excluding hydrogens is 265 g/mol. The second-order valence-corrected chi connectivity index (χ2v) is 5.33. The van der Waals surface area contributed by atoms with E-state index >= 15 is 0 Å². The van der Waals surface area contributed by atoms with Gasteiger partial charge in [-0.25, -0.2) is 9.07 Å². The Bertz CT molecular complexity index is 544. The number of halogens is 1. The molecule has 1 aromatic carbocycles. The summed E-state index contributed by atoms with van der Waals surface area (Å²) < 4.78 is 15.5. The molecule has 0 aliphatic heterocycles. The van der Waals surface area contributed by atoms with Crippen LogP contribution in [0.4, 0.5) is 4.39 Å². The van der Waals surface area contributed by atoms with Crippen LogP contribution < -0.4 is 5.73 Å². The lowest BCUT2D eigenvalue weighted by Gasteiger charge is -2.22. The summed E-state index contributed by atoms with van der Waals surface area (Å²) in [6.45, 7) is 1.98. The zero-order valence-corrected chi connectivity index (χ0v) is 11.6. The summed E-state index contributed by atoms with van der Waals surface area (Å²) in [5, 5.41) is 11.7. The molecule has 0 spiro atoms.